The van der Waals surface area contributed by atoms with Crippen LogP contribution in [0.3, 0.4) is 0 Å². The van der Waals surface area contributed by atoms with E-state index in [2.05, 4.69) is 14.0 Å². The summed E-state index contributed by atoms with van der Waals surface area (Å²) in [5.41, 5.74) is 0. The first-order valence-corrected chi connectivity index (χ1v) is 1.93. The van der Waals surface area contributed by atoms with Crippen molar-refractivity contribution in [3.63, 3.8) is 0 Å². The van der Waals surface area contributed by atoms with Crippen LogP contribution in [0.2, 0.25) is 0 Å². The van der Waals surface area contributed by atoms with Crippen LogP contribution in [-0.2, 0) is 14.0 Å². The van der Waals surface area contributed by atoms with E-state index >= 15 is 0 Å². The average Bonchev–Trinajstić information content (AvgIpc) is 1.72. The standard InChI is InChI=1S/C3H9BO3.K.H/c1-5-4(6-2)7-3;;/h1-3H3;;/q;+1;-1. The van der Waals surface area contributed by atoms with Crippen LogP contribution in [0.4, 0.5) is 0 Å². The Morgan fingerprint density at radius 1 is 1.00 bits per heavy atom. The summed E-state index contributed by atoms with van der Waals surface area (Å²) in [5, 5.41) is 0. The first-order valence-electron chi connectivity index (χ1n) is 1.93. The van der Waals surface area contributed by atoms with Crippen LogP contribution in [-0.4, -0.2) is 28.7 Å². The zero-order chi connectivity index (χ0) is 5.70. The van der Waals surface area contributed by atoms with Gasteiger partial charge in [0.15, 0.2) is 0 Å². The molecule has 0 unspecified atom stereocenters. The van der Waals surface area contributed by atoms with Crippen LogP contribution in [0.1, 0.15) is 1.43 Å². The molecule has 0 heterocycles. The van der Waals surface area contributed by atoms with Crippen molar-refractivity contribution in [2.45, 2.75) is 0 Å². The van der Waals surface area contributed by atoms with Crippen molar-refractivity contribution < 1.29 is 66.8 Å². The van der Waals surface area contributed by atoms with Gasteiger partial charge in [0.1, 0.15) is 0 Å². The third kappa shape index (κ3) is 5.71. The second-order valence-corrected chi connectivity index (χ2v) is 0.996. The monoisotopic (exact) mass is 144 g/mol. The van der Waals surface area contributed by atoms with Crippen molar-refractivity contribution in [1.29, 1.82) is 0 Å². The maximum absolute atomic E-state index is 4.60. The molecule has 0 saturated heterocycles. The summed E-state index contributed by atoms with van der Waals surface area (Å²) in [5.74, 6) is 0. The van der Waals surface area contributed by atoms with Gasteiger partial charge in [0.05, 0.1) is 0 Å². The molecule has 0 N–H and O–H groups in total. The molecule has 0 bridgehead atoms. The second kappa shape index (κ2) is 8.58. The Morgan fingerprint density at radius 2 is 1.25 bits per heavy atom. The minimum atomic E-state index is -0.514. The van der Waals surface area contributed by atoms with Gasteiger partial charge in [-0.1, -0.05) is 0 Å². The summed E-state index contributed by atoms with van der Waals surface area (Å²) < 4.78 is 13.8. The molecule has 0 atom stereocenters. The second-order valence-electron chi connectivity index (χ2n) is 0.996. The first kappa shape index (κ1) is 12.3. The molecular formula is C3H10BKO3. The van der Waals surface area contributed by atoms with Crippen molar-refractivity contribution in [2.75, 3.05) is 21.3 Å². The number of rotatable bonds is 3. The fraction of sp³-hybridized carbons (Fsp3) is 1.00. The van der Waals surface area contributed by atoms with Gasteiger partial charge in [-0.3, -0.25) is 0 Å². The molecule has 0 aliphatic carbocycles. The predicted octanol–water partition coefficient (Wildman–Crippen LogP) is -2.97. The summed E-state index contributed by atoms with van der Waals surface area (Å²) in [6.45, 7) is 0. The summed E-state index contributed by atoms with van der Waals surface area (Å²) in [4.78, 5) is 0. The van der Waals surface area contributed by atoms with Crippen LogP contribution in [0, 0.1) is 0 Å². The summed E-state index contributed by atoms with van der Waals surface area (Å²) in [7, 11) is 4.02. The van der Waals surface area contributed by atoms with E-state index in [4.69, 9.17) is 0 Å². The molecular weight excluding hydrogens is 134 g/mol. The maximum atomic E-state index is 4.60. The van der Waals surface area contributed by atoms with E-state index in [1.165, 1.54) is 21.3 Å². The van der Waals surface area contributed by atoms with Crippen LogP contribution in [0.5, 0.6) is 0 Å². The van der Waals surface area contributed by atoms with E-state index < -0.39 is 7.32 Å². The largest absolute Gasteiger partial charge is 1.00 e. The Kier molecular flexibility index (Phi) is 13.2. The molecule has 0 aromatic carbocycles. The maximum Gasteiger partial charge on any atom is 1.00 e. The normalized spacial score (nSPS) is 7.88. The van der Waals surface area contributed by atoms with E-state index in [0.29, 0.717) is 0 Å². The third-order valence-electron chi connectivity index (χ3n) is 0.577. The predicted molar refractivity (Wildman–Crippen MR) is 27.9 cm³/mol. The van der Waals surface area contributed by atoms with E-state index in [1.54, 1.807) is 0 Å². The molecule has 0 saturated carbocycles. The number of hydrogen-bond acceptors (Lipinski definition) is 3. The van der Waals surface area contributed by atoms with Crippen molar-refractivity contribution in [2.24, 2.45) is 0 Å². The van der Waals surface area contributed by atoms with Crippen molar-refractivity contribution in [3.05, 3.63) is 0 Å². The zero-order valence-corrected chi connectivity index (χ0v) is 8.93. The molecule has 5 heteroatoms. The molecule has 0 aromatic rings. The van der Waals surface area contributed by atoms with Gasteiger partial charge in [-0.2, -0.15) is 0 Å². The Morgan fingerprint density at radius 3 is 1.25 bits per heavy atom. The van der Waals surface area contributed by atoms with Gasteiger partial charge in [0.2, 0.25) is 0 Å². The van der Waals surface area contributed by atoms with Crippen molar-refractivity contribution in [1.82, 2.24) is 0 Å². The minimum absolute atomic E-state index is 0. The molecule has 0 aliphatic heterocycles. The van der Waals surface area contributed by atoms with Crippen LogP contribution in [0.15, 0.2) is 0 Å². The van der Waals surface area contributed by atoms with Gasteiger partial charge >= 0.3 is 58.7 Å². The molecule has 8 heavy (non-hydrogen) atoms. The molecule has 44 valence electrons. The van der Waals surface area contributed by atoms with Gasteiger partial charge < -0.3 is 15.4 Å². The topological polar surface area (TPSA) is 27.7 Å². The van der Waals surface area contributed by atoms with Crippen LogP contribution < -0.4 is 51.4 Å². The molecule has 0 radical (unpaired) electrons. The van der Waals surface area contributed by atoms with Crippen molar-refractivity contribution >= 4 is 7.32 Å². The molecule has 0 fully saturated rings. The summed E-state index contributed by atoms with van der Waals surface area (Å²) in [6.07, 6.45) is 0. The fourth-order valence-corrected chi connectivity index (χ4v) is 0.289. The first-order chi connectivity index (χ1) is 3.35. The Labute approximate surface area is 94.1 Å². The average molecular weight is 144 g/mol. The van der Waals surface area contributed by atoms with E-state index in [0.717, 1.165) is 0 Å². The molecule has 3 nitrogen and oxygen atoms in total. The minimum Gasteiger partial charge on any atom is -1.00 e. The van der Waals surface area contributed by atoms with E-state index in [9.17, 15) is 0 Å². The molecule has 0 rings (SSSR count). The molecule has 0 aromatic heterocycles. The van der Waals surface area contributed by atoms with E-state index in [1.807, 2.05) is 0 Å². The Bertz CT molecular complexity index is 40.5. The van der Waals surface area contributed by atoms with Gasteiger partial charge in [-0.25, -0.2) is 0 Å². The van der Waals surface area contributed by atoms with Gasteiger partial charge in [-0.15, -0.1) is 0 Å². The van der Waals surface area contributed by atoms with Gasteiger partial charge in [0, 0.05) is 21.3 Å². The molecule has 0 spiro atoms. The van der Waals surface area contributed by atoms with Gasteiger partial charge in [0.25, 0.3) is 0 Å². The Hall–Kier alpha value is 1.58. The third-order valence-corrected chi connectivity index (χ3v) is 0.577. The number of hydrogen-bond donors (Lipinski definition) is 0. The molecule has 0 amide bonds. The summed E-state index contributed by atoms with van der Waals surface area (Å²) >= 11 is 0. The fourth-order valence-electron chi connectivity index (χ4n) is 0.289. The Balaban J connectivity index is -0.000000180. The zero-order valence-electron chi connectivity index (χ0n) is 6.80. The molecule has 0 aliphatic rings. The van der Waals surface area contributed by atoms with E-state index in [-0.39, 0.29) is 52.8 Å². The van der Waals surface area contributed by atoms with Crippen LogP contribution >= 0.6 is 0 Å². The smallest absolute Gasteiger partial charge is 1.00 e. The van der Waals surface area contributed by atoms with Crippen molar-refractivity contribution in [3.8, 4) is 0 Å². The summed E-state index contributed by atoms with van der Waals surface area (Å²) in [6, 6.07) is 0. The quantitative estimate of drug-likeness (QED) is 0.396. The van der Waals surface area contributed by atoms with Gasteiger partial charge in [-0.05, 0) is 0 Å². The van der Waals surface area contributed by atoms with Crippen LogP contribution in [0.25, 0.3) is 0 Å². The SMILES string of the molecule is COB(OC)OC.[H-].[K+].